The Morgan fingerprint density at radius 3 is 2.88 bits per heavy atom. The molecular formula is C9H12N4O3. The molecule has 0 spiro atoms. The third kappa shape index (κ3) is 2.25. The smallest absolute Gasteiger partial charge is 0.303 e. The number of hydrogen-bond donors (Lipinski definition) is 0. The van der Waals surface area contributed by atoms with E-state index in [0.717, 1.165) is 0 Å². The summed E-state index contributed by atoms with van der Waals surface area (Å²) < 4.78 is 10.6. The van der Waals surface area contributed by atoms with E-state index in [4.69, 9.17) is 9.47 Å². The first-order valence-corrected chi connectivity index (χ1v) is 4.90. The van der Waals surface area contributed by atoms with Gasteiger partial charge in [0.1, 0.15) is 6.10 Å². The zero-order valence-corrected chi connectivity index (χ0v) is 8.98. The lowest BCUT2D eigenvalue weighted by Gasteiger charge is -2.28. The molecular weight excluding hydrogens is 212 g/mol. The topological polar surface area (TPSA) is 79.1 Å². The Morgan fingerprint density at radius 1 is 1.50 bits per heavy atom. The highest BCUT2D eigenvalue weighted by Crippen LogP contribution is 2.21. The summed E-state index contributed by atoms with van der Waals surface area (Å²) in [4.78, 5) is 12.2. The van der Waals surface area contributed by atoms with Gasteiger partial charge in [-0.3, -0.25) is 4.79 Å². The van der Waals surface area contributed by atoms with Crippen LogP contribution in [0.4, 0.5) is 0 Å². The van der Waals surface area contributed by atoms with Crippen molar-refractivity contribution in [2.75, 3.05) is 0 Å². The SMILES string of the molecule is CC(=O)O[C@@H]1C=CC(n2ncnn2)O[C@H]1C. The predicted molar refractivity (Wildman–Crippen MR) is 52.1 cm³/mol. The summed E-state index contributed by atoms with van der Waals surface area (Å²) in [6.45, 7) is 3.19. The molecule has 7 nitrogen and oxygen atoms in total. The van der Waals surface area contributed by atoms with Crippen molar-refractivity contribution in [2.45, 2.75) is 32.3 Å². The molecule has 0 aliphatic carbocycles. The molecule has 2 rings (SSSR count). The molecule has 1 aromatic rings. The Hall–Kier alpha value is -1.76. The molecule has 0 amide bonds. The van der Waals surface area contributed by atoms with Crippen molar-refractivity contribution < 1.29 is 14.3 Å². The van der Waals surface area contributed by atoms with E-state index in [1.165, 1.54) is 18.0 Å². The van der Waals surface area contributed by atoms with Crippen LogP contribution in [0.2, 0.25) is 0 Å². The van der Waals surface area contributed by atoms with Crippen molar-refractivity contribution in [3.8, 4) is 0 Å². The fourth-order valence-electron chi connectivity index (χ4n) is 1.45. The van der Waals surface area contributed by atoms with Gasteiger partial charge in [-0.05, 0) is 24.3 Å². The van der Waals surface area contributed by atoms with Crippen LogP contribution in [0.1, 0.15) is 20.1 Å². The second-order valence-corrected chi connectivity index (χ2v) is 3.45. The van der Waals surface area contributed by atoms with Gasteiger partial charge in [0.15, 0.2) is 12.6 Å². The number of carbonyl (C=O) groups excluding carboxylic acids is 1. The van der Waals surface area contributed by atoms with Gasteiger partial charge in [0, 0.05) is 6.92 Å². The minimum absolute atomic E-state index is 0.245. The summed E-state index contributed by atoms with van der Waals surface area (Å²) in [7, 11) is 0. The minimum atomic E-state index is -0.399. The summed E-state index contributed by atoms with van der Waals surface area (Å²) in [6.07, 6.45) is 3.82. The van der Waals surface area contributed by atoms with Crippen LogP contribution in [0, 0.1) is 0 Å². The fourth-order valence-corrected chi connectivity index (χ4v) is 1.45. The normalized spacial score (nSPS) is 29.0. The zero-order valence-electron chi connectivity index (χ0n) is 8.98. The summed E-state index contributed by atoms with van der Waals surface area (Å²) in [5.74, 6) is -0.331. The molecule has 0 saturated heterocycles. The maximum absolute atomic E-state index is 10.8. The van der Waals surface area contributed by atoms with Gasteiger partial charge in [-0.1, -0.05) is 0 Å². The number of tetrazole rings is 1. The lowest BCUT2D eigenvalue weighted by Crippen LogP contribution is -2.35. The van der Waals surface area contributed by atoms with E-state index in [1.807, 2.05) is 6.92 Å². The van der Waals surface area contributed by atoms with Crippen LogP contribution in [0.25, 0.3) is 0 Å². The summed E-state index contributed by atoms with van der Waals surface area (Å²) in [6, 6.07) is 0. The molecule has 7 heteroatoms. The van der Waals surface area contributed by atoms with Crippen LogP contribution in [-0.4, -0.2) is 38.4 Å². The second kappa shape index (κ2) is 4.40. The average Bonchev–Trinajstić information content (AvgIpc) is 2.73. The predicted octanol–water partition coefficient (Wildman–Crippen LogP) is 0.0783. The van der Waals surface area contributed by atoms with E-state index in [2.05, 4.69) is 15.4 Å². The van der Waals surface area contributed by atoms with Gasteiger partial charge in [0.2, 0.25) is 0 Å². The zero-order chi connectivity index (χ0) is 11.5. The number of aromatic nitrogens is 4. The Morgan fingerprint density at radius 2 is 2.31 bits per heavy atom. The van der Waals surface area contributed by atoms with Crippen LogP contribution < -0.4 is 0 Å². The summed E-state index contributed by atoms with van der Waals surface area (Å²) in [5.41, 5.74) is 0. The molecule has 1 aromatic heterocycles. The van der Waals surface area contributed by atoms with Crippen LogP contribution in [0.15, 0.2) is 18.5 Å². The van der Waals surface area contributed by atoms with Gasteiger partial charge in [-0.25, -0.2) is 0 Å². The molecule has 0 radical (unpaired) electrons. The van der Waals surface area contributed by atoms with Gasteiger partial charge in [0.25, 0.3) is 0 Å². The molecule has 1 aliphatic rings. The number of carbonyl (C=O) groups is 1. The maximum Gasteiger partial charge on any atom is 0.303 e. The van der Waals surface area contributed by atoms with Gasteiger partial charge < -0.3 is 9.47 Å². The van der Waals surface area contributed by atoms with E-state index in [-0.39, 0.29) is 18.2 Å². The average molecular weight is 224 g/mol. The molecule has 0 aromatic carbocycles. The quantitative estimate of drug-likeness (QED) is 0.522. The highest BCUT2D eigenvalue weighted by atomic mass is 16.6. The molecule has 2 heterocycles. The first kappa shape index (κ1) is 10.7. The van der Waals surface area contributed by atoms with E-state index in [9.17, 15) is 4.79 Å². The monoisotopic (exact) mass is 224 g/mol. The van der Waals surface area contributed by atoms with Gasteiger partial charge in [-0.2, -0.15) is 0 Å². The van der Waals surface area contributed by atoms with E-state index < -0.39 is 6.23 Å². The Bertz CT molecular complexity index is 389. The Kier molecular flexibility index (Phi) is 2.95. The van der Waals surface area contributed by atoms with Gasteiger partial charge in [0.05, 0.1) is 6.10 Å². The molecule has 0 saturated carbocycles. The van der Waals surface area contributed by atoms with Crippen molar-refractivity contribution in [3.63, 3.8) is 0 Å². The number of rotatable bonds is 2. The molecule has 0 fully saturated rings. The highest BCUT2D eigenvalue weighted by Gasteiger charge is 2.27. The molecule has 1 aliphatic heterocycles. The second-order valence-electron chi connectivity index (χ2n) is 3.45. The summed E-state index contributed by atoms with van der Waals surface area (Å²) in [5, 5.41) is 11.2. The van der Waals surface area contributed by atoms with Crippen molar-refractivity contribution in [1.29, 1.82) is 0 Å². The first-order valence-electron chi connectivity index (χ1n) is 4.90. The molecule has 3 atom stereocenters. The van der Waals surface area contributed by atoms with Crippen molar-refractivity contribution in [2.24, 2.45) is 0 Å². The standard InChI is InChI=1S/C9H12N4O3/c1-6-8(16-7(2)14)3-4-9(15-6)13-11-5-10-12-13/h3-6,8-9H,1-2H3/t6-,8+,9?/m0/s1. The van der Waals surface area contributed by atoms with Crippen LogP contribution in [0.5, 0.6) is 0 Å². The Balaban J connectivity index is 2.06. The molecule has 16 heavy (non-hydrogen) atoms. The molecule has 1 unspecified atom stereocenters. The highest BCUT2D eigenvalue weighted by molar-refractivity contribution is 5.66. The van der Waals surface area contributed by atoms with Crippen molar-refractivity contribution >= 4 is 5.97 Å². The van der Waals surface area contributed by atoms with E-state index >= 15 is 0 Å². The first-order chi connectivity index (χ1) is 7.66. The Labute approximate surface area is 92.0 Å². The molecule has 0 bridgehead atoms. The lowest BCUT2D eigenvalue weighted by atomic mass is 10.1. The maximum atomic E-state index is 10.8. The molecule has 86 valence electrons. The third-order valence-corrected chi connectivity index (χ3v) is 2.18. The number of esters is 1. The van der Waals surface area contributed by atoms with Gasteiger partial charge in [-0.15, -0.1) is 15.0 Å². The third-order valence-electron chi connectivity index (χ3n) is 2.18. The fraction of sp³-hybridized carbons (Fsp3) is 0.556. The summed E-state index contributed by atoms with van der Waals surface area (Å²) >= 11 is 0. The van der Waals surface area contributed by atoms with Crippen LogP contribution >= 0.6 is 0 Å². The molecule has 0 N–H and O–H groups in total. The lowest BCUT2D eigenvalue weighted by molar-refractivity contribution is -0.156. The number of hydrogen-bond acceptors (Lipinski definition) is 6. The van der Waals surface area contributed by atoms with Crippen LogP contribution in [0.3, 0.4) is 0 Å². The van der Waals surface area contributed by atoms with E-state index in [1.54, 1.807) is 12.2 Å². The number of nitrogens with zero attached hydrogens (tertiary/aromatic N) is 4. The van der Waals surface area contributed by atoms with Crippen molar-refractivity contribution in [1.82, 2.24) is 20.2 Å². The number of ether oxygens (including phenoxy) is 2. The van der Waals surface area contributed by atoms with E-state index in [0.29, 0.717) is 0 Å². The van der Waals surface area contributed by atoms with Crippen LogP contribution in [-0.2, 0) is 14.3 Å². The van der Waals surface area contributed by atoms with Crippen molar-refractivity contribution in [3.05, 3.63) is 18.5 Å². The van der Waals surface area contributed by atoms with Gasteiger partial charge >= 0.3 is 5.97 Å². The largest absolute Gasteiger partial charge is 0.456 e. The minimum Gasteiger partial charge on any atom is -0.456 e.